The van der Waals surface area contributed by atoms with Gasteiger partial charge in [0.2, 0.25) is 0 Å². The summed E-state index contributed by atoms with van der Waals surface area (Å²) in [5.41, 5.74) is 1.17. The fraction of sp³-hybridized carbons (Fsp3) is 0.778. The van der Waals surface area contributed by atoms with E-state index in [1.807, 2.05) is 13.8 Å². The van der Waals surface area contributed by atoms with Crippen LogP contribution in [-0.2, 0) is 4.43 Å². The fourth-order valence-electron chi connectivity index (χ4n) is 0.902. The van der Waals surface area contributed by atoms with Crippen molar-refractivity contribution in [3.05, 3.63) is 12.2 Å². The number of hydrogen-bond acceptors (Lipinski definition) is 1. The van der Waals surface area contributed by atoms with Crippen LogP contribution in [0.4, 0.5) is 0 Å². The normalized spacial score (nSPS) is 23.4. The SMILES string of the molecule is C=C(C)C.C[SiH]1CCCCO1. The molecule has 2 heteroatoms. The molecule has 0 aromatic heterocycles. The van der Waals surface area contributed by atoms with Crippen LogP contribution in [0.2, 0.25) is 12.6 Å². The summed E-state index contributed by atoms with van der Waals surface area (Å²) in [6.07, 6.45) is 2.73. The fourth-order valence-corrected chi connectivity index (χ4v) is 2.50. The number of rotatable bonds is 0. The average molecular weight is 172 g/mol. The second-order valence-corrected chi connectivity index (χ2v) is 5.92. The van der Waals surface area contributed by atoms with E-state index >= 15 is 0 Å². The Labute approximate surface area is 72.2 Å². The van der Waals surface area contributed by atoms with E-state index in [9.17, 15) is 0 Å². The summed E-state index contributed by atoms with van der Waals surface area (Å²) < 4.78 is 5.42. The molecule has 0 saturated carbocycles. The van der Waals surface area contributed by atoms with Crippen LogP contribution >= 0.6 is 0 Å². The summed E-state index contributed by atoms with van der Waals surface area (Å²) in [6, 6.07) is 1.40. The quantitative estimate of drug-likeness (QED) is 0.403. The van der Waals surface area contributed by atoms with E-state index in [4.69, 9.17) is 4.43 Å². The second kappa shape index (κ2) is 6.62. The van der Waals surface area contributed by atoms with Crippen LogP contribution < -0.4 is 0 Å². The highest BCUT2D eigenvalue weighted by atomic mass is 28.3. The topological polar surface area (TPSA) is 9.23 Å². The Hall–Kier alpha value is -0.0831. The lowest BCUT2D eigenvalue weighted by molar-refractivity contribution is 0.291. The molecule has 1 aliphatic rings. The first-order valence-corrected chi connectivity index (χ1v) is 6.81. The van der Waals surface area contributed by atoms with E-state index in [1.165, 1.54) is 24.5 Å². The predicted octanol–water partition coefficient (Wildman–Crippen LogP) is 2.73. The Morgan fingerprint density at radius 2 is 1.91 bits per heavy atom. The third kappa shape index (κ3) is 9.92. The Balaban J connectivity index is 0.000000218. The lowest BCUT2D eigenvalue weighted by Crippen LogP contribution is -2.18. The Morgan fingerprint density at radius 3 is 2.09 bits per heavy atom. The van der Waals surface area contributed by atoms with Gasteiger partial charge < -0.3 is 4.43 Å². The molecule has 0 aliphatic carbocycles. The molecule has 0 spiro atoms. The van der Waals surface area contributed by atoms with Gasteiger partial charge in [-0.05, 0) is 32.9 Å². The molecule has 1 nitrogen and oxygen atoms in total. The largest absolute Gasteiger partial charge is 0.420 e. The van der Waals surface area contributed by atoms with Crippen molar-refractivity contribution in [1.82, 2.24) is 0 Å². The molecule has 1 heterocycles. The second-order valence-electron chi connectivity index (χ2n) is 3.38. The molecule has 0 radical (unpaired) electrons. The predicted molar refractivity (Wildman–Crippen MR) is 53.5 cm³/mol. The van der Waals surface area contributed by atoms with Gasteiger partial charge >= 0.3 is 0 Å². The first kappa shape index (κ1) is 10.9. The molecule has 0 N–H and O–H groups in total. The van der Waals surface area contributed by atoms with E-state index in [2.05, 4.69) is 13.1 Å². The minimum absolute atomic E-state index is 0.595. The van der Waals surface area contributed by atoms with Gasteiger partial charge in [-0.25, -0.2) is 0 Å². The monoisotopic (exact) mass is 172 g/mol. The standard InChI is InChI=1S/C5H12OSi.C4H8/c1-7-5-3-2-4-6-7;1-4(2)3/h7H,2-5H2,1H3;1H2,2-3H3. The third-order valence-corrected chi connectivity index (χ3v) is 3.43. The molecule has 0 aromatic carbocycles. The highest BCUT2D eigenvalue weighted by Crippen LogP contribution is 2.09. The van der Waals surface area contributed by atoms with Crippen LogP contribution in [0.25, 0.3) is 0 Å². The highest BCUT2D eigenvalue weighted by molar-refractivity contribution is 6.50. The van der Waals surface area contributed by atoms with Crippen LogP contribution in [0.5, 0.6) is 0 Å². The van der Waals surface area contributed by atoms with Gasteiger partial charge in [0, 0.05) is 6.61 Å². The van der Waals surface area contributed by atoms with Crippen molar-refractivity contribution >= 4 is 9.04 Å². The Bertz CT molecular complexity index is 102. The molecule has 1 saturated heterocycles. The van der Waals surface area contributed by atoms with Crippen LogP contribution in [0.3, 0.4) is 0 Å². The maximum Gasteiger partial charge on any atom is 0.173 e. The van der Waals surface area contributed by atoms with Crippen molar-refractivity contribution in [1.29, 1.82) is 0 Å². The molecule has 1 rings (SSSR count). The first-order chi connectivity index (χ1) is 5.13. The van der Waals surface area contributed by atoms with Crippen LogP contribution in [-0.4, -0.2) is 15.6 Å². The van der Waals surface area contributed by atoms with E-state index in [1.54, 1.807) is 0 Å². The third-order valence-electron chi connectivity index (χ3n) is 1.41. The van der Waals surface area contributed by atoms with E-state index in [0.29, 0.717) is 0 Å². The first-order valence-electron chi connectivity index (χ1n) is 4.36. The Kier molecular flexibility index (Phi) is 6.57. The summed E-state index contributed by atoms with van der Waals surface area (Å²) in [6.45, 7) is 10.8. The van der Waals surface area contributed by atoms with Crippen LogP contribution in [0.1, 0.15) is 26.7 Å². The lowest BCUT2D eigenvalue weighted by Gasteiger charge is -2.16. The molecule has 1 atom stereocenters. The summed E-state index contributed by atoms with van der Waals surface area (Å²) >= 11 is 0. The average Bonchev–Trinajstić information content (AvgIpc) is 1.87. The van der Waals surface area contributed by atoms with Crippen LogP contribution in [0.15, 0.2) is 12.2 Å². The minimum atomic E-state index is -0.595. The highest BCUT2D eigenvalue weighted by Gasteiger charge is 2.08. The van der Waals surface area contributed by atoms with Crippen molar-refractivity contribution in [3.63, 3.8) is 0 Å². The van der Waals surface area contributed by atoms with Gasteiger partial charge in [-0.3, -0.25) is 0 Å². The zero-order valence-corrected chi connectivity index (χ0v) is 9.18. The van der Waals surface area contributed by atoms with Crippen molar-refractivity contribution in [2.75, 3.05) is 6.61 Å². The van der Waals surface area contributed by atoms with Crippen molar-refractivity contribution in [2.45, 2.75) is 39.3 Å². The molecule has 1 fully saturated rings. The molecule has 0 aromatic rings. The molecule has 1 aliphatic heterocycles. The summed E-state index contributed by atoms with van der Waals surface area (Å²) in [7, 11) is -0.595. The summed E-state index contributed by atoms with van der Waals surface area (Å²) in [5, 5.41) is 0. The lowest BCUT2D eigenvalue weighted by atomic mass is 10.4. The molecular weight excluding hydrogens is 152 g/mol. The molecule has 11 heavy (non-hydrogen) atoms. The summed E-state index contributed by atoms with van der Waals surface area (Å²) in [4.78, 5) is 0. The van der Waals surface area contributed by atoms with Gasteiger partial charge in [0.25, 0.3) is 0 Å². The van der Waals surface area contributed by atoms with Gasteiger partial charge in [-0.15, -0.1) is 6.58 Å². The van der Waals surface area contributed by atoms with E-state index in [-0.39, 0.29) is 0 Å². The molecule has 0 bridgehead atoms. The zero-order chi connectivity index (χ0) is 8.69. The van der Waals surface area contributed by atoms with Gasteiger partial charge in [-0.2, -0.15) is 0 Å². The maximum atomic E-state index is 5.42. The number of hydrogen-bond donors (Lipinski definition) is 0. The van der Waals surface area contributed by atoms with E-state index < -0.39 is 9.04 Å². The van der Waals surface area contributed by atoms with Crippen molar-refractivity contribution in [3.8, 4) is 0 Å². The molecular formula is C9H20OSi. The molecule has 1 unspecified atom stereocenters. The smallest absolute Gasteiger partial charge is 0.173 e. The maximum absolute atomic E-state index is 5.42. The van der Waals surface area contributed by atoms with Gasteiger partial charge in [-0.1, -0.05) is 12.0 Å². The van der Waals surface area contributed by atoms with Crippen molar-refractivity contribution in [2.24, 2.45) is 0 Å². The van der Waals surface area contributed by atoms with Gasteiger partial charge in [0.05, 0.1) is 0 Å². The van der Waals surface area contributed by atoms with Crippen molar-refractivity contribution < 1.29 is 4.43 Å². The van der Waals surface area contributed by atoms with Gasteiger partial charge in [0.15, 0.2) is 9.04 Å². The number of allylic oxidation sites excluding steroid dienone is 1. The zero-order valence-electron chi connectivity index (χ0n) is 8.02. The van der Waals surface area contributed by atoms with Gasteiger partial charge in [0.1, 0.15) is 0 Å². The minimum Gasteiger partial charge on any atom is -0.420 e. The molecule has 66 valence electrons. The van der Waals surface area contributed by atoms with E-state index in [0.717, 1.165) is 6.61 Å². The van der Waals surface area contributed by atoms with Crippen LogP contribution in [0, 0.1) is 0 Å². The summed E-state index contributed by atoms with van der Waals surface area (Å²) in [5.74, 6) is 0. The Morgan fingerprint density at radius 1 is 1.36 bits per heavy atom. The molecule has 0 amide bonds.